The summed E-state index contributed by atoms with van der Waals surface area (Å²) in [5.41, 5.74) is 6.93. The van der Waals surface area contributed by atoms with E-state index in [0.717, 1.165) is 0 Å². The maximum absolute atomic E-state index is 14.1. The van der Waals surface area contributed by atoms with Crippen molar-refractivity contribution in [1.82, 2.24) is 0 Å². The molecule has 3 nitrogen and oxygen atoms in total. The molecule has 6 heteroatoms. The molecule has 2 N–H and O–H groups in total. The maximum Gasteiger partial charge on any atom is 0.138 e. The minimum absolute atomic E-state index is 0.305. The minimum atomic E-state index is -0.744. The fourth-order valence-corrected chi connectivity index (χ4v) is 2.51. The van der Waals surface area contributed by atoms with Crippen molar-refractivity contribution >= 4 is 23.2 Å². The predicted octanol–water partition coefficient (Wildman–Crippen LogP) is 4.20. The molecule has 1 atom stereocenters. The first-order valence-electron chi connectivity index (χ1n) is 6.10. The second kappa shape index (κ2) is 6.52. The molecule has 0 aliphatic carbocycles. The number of halogens is 3. The standard InChI is InChI=1S/C15H14Cl2FNO2/c1-20-8-3-4-9(13(18)5-8)15(19)10-6-12(17)14(21-2)7-11(10)16/h3-7,15H,19H2,1-2H3. The summed E-state index contributed by atoms with van der Waals surface area (Å²) in [5, 5.41) is 0.722. The fourth-order valence-electron chi connectivity index (χ4n) is 1.99. The first kappa shape index (κ1) is 15.9. The third-order valence-electron chi connectivity index (χ3n) is 3.15. The van der Waals surface area contributed by atoms with Gasteiger partial charge in [0.25, 0.3) is 0 Å². The Labute approximate surface area is 132 Å². The molecule has 0 bridgehead atoms. The molecule has 2 rings (SSSR count). The van der Waals surface area contributed by atoms with Crippen molar-refractivity contribution in [2.75, 3.05) is 14.2 Å². The second-order valence-electron chi connectivity index (χ2n) is 4.37. The van der Waals surface area contributed by atoms with Crippen molar-refractivity contribution in [2.24, 2.45) is 5.73 Å². The molecular formula is C15H14Cl2FNO2. The summed E-state index contributed by atoms with van der Waals surface area (Å²) < 4.78 is 24.1. The lowest BCUT2D eigenvalue weighted by atomic mass is 9.98. The molecule has 21 heavy (non-hydrogen) atoms. The molecule has 112 valence electrons. The van der Waals surface area contributed by atoms with E-state index in [0.29, 0.717) is 32.7 Å². The molecule has 0 aliphatic heterocycles. The van der Waals surface area contributed by atoms with E-state index in [9.17, 15) is 4.39 Å². The summed E-state index contributed by atoms with van der Waals surface area (Å²) in [7, 11) is 2.95. The minimum Gasteiger partial charge on any atom is -0.497 e. The Balaban J connectivity index is 2.45. The SMILES string of the molecule is COc1ccc(C(N)c2cc(Cl)c(OC)cc2Cl)c(F)c1. The first-order chi connectivity index (χ1) is 9.97. The number of ether oxygens (including phenoxy) is 2. The first-order valence-corrected chi connectivity index (χ1v) is 6.85. The second-order valence-corrected chi connectivity index (χ2v) is 5.19. The summed E-state index contributed by atoms with van der Waals surface area (Å²) >= 11 is 12.2. The van der Waals surface area contributed by atoms with Crippen LogP contribution in [0, 0.1) is 5.82 Å². The number of methoxy groups -OCH3 is 2. The van der Waals surface area contributed by atoms with Crippen molar-refractivity contribution in [1.29, 1.82) is 0 Å². The molecule has 0 spiro atoms. The van der Waals surface area contributed by atoms with Gasteiger partial charge in [-0.05, 0) is 17.7 Å². The lowest BCUT2D eigenvalue weighted by molar-refractivity contribution is 0.410. The highest BCUT2D eigenvalue weighted by molar-refractivity contribution is 6.34. The van der Waals surface area contributed by atoms with Crippen LogP contribution < -0.4 is 15.2 Å². The highest BCUT2D eigenvalue weighted by Gasteiger charge is 2.19. The molecule has 0 aromatic heterocycles. The Kier molecular flexibility index (Phi) is 4.93. The third-order valence-corrected chi connectivity index (χ3v) is 3.77. The van der Waals surface area contributed by atoms with Crippen molar-refractivity contribution in [3.63, 3.8) is 0 Å². The quantitative estimate of drug-likeness (QED) is 0.914. The van der Waals surface area contributed by atoms with Crippen molar-refractivity contribution < 1.29 is 13.9 Å². The van der Waals surface area contributed by atoms with E-state index in [2.05, 4.69) is 0 Å². The highest BCUT2D eigenvalue weighted by Crippen LogP contribution is 2.36. The normalized spacial score (nSPS) is 12.1. The van der Waals surface area contributed by atoms with Crippen molar-refractivity contribution in [3.8, 4) is 11.5 Å². The number of hydrogen-bond donors (Lipinski definition) is 1. The molecule has 2 aromatic carbocycles. The number of nitrogens with two attached hydrogens (primary N) is 1. The Morgan fingerprint density at radius 2 is 1.71 bits per heavy atom. The van der Waals surface area contributed by atoms with Crippen LogP contribution in [0.1, 0.15) is 17.2 Å². The van der Waals surface area contributed by atoms with Gasteiger partial charge in [0.2, 0.25) is 0 Å². The molecule has 2 aromatic rings. The highest BCUT2D eigenvalue weighted by atomic mass is 35.5. The Morgan fingerprint density at radius 3 is 2.29 bits per heavy atom. The van der Waals surface area contributed by atoms with Gasteiger partial charge in [0.05, 0.1) is 25.3 Å². The van der Waals surface area contributed by atoms with Crippen molar-refractivity contribution in [2.45, 2.75) is 6.04 Å². The zero-order chi connectivity index (χ0) is 15.6. The van der Waals surface area contributed by atoms with Crippen LogP contribution in [0.15, 0.2) is 30.3 Å². The van der Waals surface area contributed by atoms with Gasteiger partial charge < -0.3 is 15.2 Å². The lowest BCUT2D eigenvalue weighted by Crippen LogP contribution is -2.14. The molecule has 0 fully saturated rings. The average Bonchev–Trinajstić information content (AvgIpc) is 2.48. The number of rotatable bonds is 4. The van der Waals surface area contributed by atoms with Gasteiger partial charge in [-0.3, -0.25) is 0 Å². The van der Waals surface area contributed by atoms with Gasteiger partial charge in [-0.2, -0.15) is 0 Å². The Morgan fingerprint density at radius 1 is 1.00 bits per heavy atom. The van der Waals surface area contributed by atoms with Crippen LogP contribution in [0.2, 0.25) is 10.0 Å². The van der Waals surface area contributed by atoms with Crippen LogP contribution >= 0.6 is 23.2 Å². The molecule has 0 saturated carbocycles. The topological polar surface area (TPSA) is 44.5 Å². The van der Waals surface area contributed by atoms with E-state index in [4.69, 9.17) is 38.4 Å². The molecular weight excluding hydrogens is 316 g/mol. The lowest BCUT2D eigenvalue weighted by Gasteiger charge is -2.17. The molecule has 0 heterocycles. The van der Waals surface area contributed by atoms with E-state index in [1.165, 1.54) is 20.3 Å². The maximum atomic E-state index is 14.1. The monoisotopic (exact) mass is 329 g/mol. The Bertz CT molecular complexity index is 664. The summed E-state index contributed by atoms with van der Waals surface area (Å²) in [6.45, 7) is 0. The van der Waals surface area contributed by atoms with Gasteiger partial charge in [0.1, 0.15) is 17.3 Å². The van der Waals surface area contributed by atoms with Gasteiger partial charge in [-0.15, -0.1) is 0 Å². The third kappa shape index (κ3) is 3.23. The predicted molar refractivity (Wildman–Crippen MR) is 82.0 cm³/mol. The van der Waals surface area contributed by atoms with Crippen LogP contribution in [0.25, 0.3) is 0 Å². The molecule has 1 unspecified atom stereocenters. The smallest absolute Gasteiger partial charge is 0.138 e. The van der Waals surface area contributed by atoms with E-state index < -0.39 is 11.9 Å². The fraction of sp³-hybridized carbons (Fsp3) is 0.200. The zero-order valence-electron chi connectivity index (χ0n) is 11.5. The van der Waals surface area contributed by atoms with Crippen LogP contribution in [-0.2, 0) is 0 Å². The van der Waals surface area contributed by atoms with Crippen LogP contribution in [0.5, 0.6) is 11.5 Å². The van der Waals surface area contributed by atoms with Crippen LogP contribution in [0.4, 0.5) is 4.39 Å². The van der Waals surface area contributed by atoms with Gasteiger partial charge >= 0.3 is 0 Å². The van der Waals surface area contributed by atoms with Gasteiger partial charge in [0.15, 0.2) is 0 Å². The van der Waals surface area contributed by atoms with E-state index in [1.54, 1.807) is 24.3 Å². The summed E-state index contributed by atoms with van der Waals surface area (Å²) in [5.74, 6) is 0.389. The summed E-state index contributed by atoms with van der Waals surface area (Å²) in [6, 6.07) is 6.86. The van der Waals surface area contributed by atoms with E-state index in [-0.39, 0.29) is 0 Å². The average molecular weight is 330 g/mol. The van der Waals surface area contributed by atoms with E-state index in [1.807, 2.05) is 0 Å². The number of benzene rings is 2. The van der Waals surface area contributed by atoms with E-state index >= 15 is 0 Å². The molecule has 0 amide bonds. The molecule has 0 saturated heterocycles. The Hall–Kier alpha value is -1.49. The summed E-state index contributed by atoms with van der Waals surface area (Å²) in [4.78, 5) is 0. The van der Waals surface area contributed by atoms with Crippen LogP contribution in [-0.4, -0.2) is 14.2 Å². The van der Waals surface area contributed by atoms with Gasteiger partial charge in [-0.1, -0.05) is 29.3 Å². The zero-order valence-corrected chi connectivity index (χ0v) is 13.0. The van der Waals surface area contributed by atoms with Crippen LogP contribution in [0.3, 0.4) is 0 Å². The van der Waals surface area contributed by atoms with Crippen molar-refractivity contribution in [3.05, 3.63) is 57.3 Å². The van der Waals surface area contributed by atoms with Gasteiger partial charge in [-0.25, -0.2) is 4.39 Å². The van der Waals surface area contributed by atoms with Gasteiger partial charge in [0, 0.05) is 22.7 Å². The largest absolute Gasteiger partial charge is 0.497 e. The molecule has 0 radical (unpaired) electrons. The number of hydrogen-bond acceptors (Lipinski definition) is 3. The molecule has 0 aliphatic rings. The summed E-state index contributed by atoms with van der Waals surface area (Å²) in [6.07, 6.45) is 0.